The van der Waals surface area contributed by atoms with E-state index in [2.05, 4.69) is 62.3 Å². The van der Waals surface area contributed by atoms with E-state index in [1.807, 2.05) is 0 Å². The van der Waals surface area contributed by atoms with Crippen molar-refractivity contribution in [1.82, 2.24) is 0 Å². The van der Waals surface area contributed by atoms with E-state index in [9.17, 15) is 0 Å². The second-order valence-corrected chi connectivity index (χ2v) is 6.89. The van der Waals surface area contributed by atoms with Gasteiger partial charge in [0, 0.05) is 0 Å². The van der Waals surface area contributed by atoms with Crippen LogP contribution < -0.4 is 18.9 Å². The van der Waals surface area contributed by atoms with Crippen molar-refractivity contribution in [3.63, 3.8) is 0 Å². The Morgan fingerprint density at radius 2 is 0.647 bits per heavy atom. The zero-order chi connectivity index (χ0) is 13.0. The fraction of sp³-hybridized carbons (Fsp3) is 1.00. The van der Waals surface area contributed by atoms with Crippen molar-refractivity contribution in [2.24, 2.45) is 17.8 Å². The SMILES string of the molecule is CC(C)C(C)[B-](C(C)C(C)C)C(C)C(C)C.[Li+]. The summed E-state index contributed by atoms with van der Waals surface area (Å²) in [6.45, 7) is 22.5. The Bertz CT molecular complexity index is 156. The van der Waals surface area contributed by atoms with Crippen molar-refractivity contribution in [3.8, 4) is 0 Å². The van der Waals surface area contributed by atoms with Gasteiger partial charge in [-0.2, -0.15) is 17.5 Å². The Kier molecular flexibility index (Phi) is 10.2. The maximum Gasteiger partial charge on any atom is 1.00 e. The number of hydrogen-bond donors (Lipinski definition) is 0. The molecule has 0 fully saturated rings. The summed E-state index contributed by atoms with van der Waals surface area (Å²) < 4.78 is 0. The molecule has 0 aliphatic rings. The summed E-state index contributed by atoms with van der Waals surface area (Å²) in [5.41, 5.74) is 0. The molecule has 0 saturated heterocycles. The van der Waals surface area contributed by atoms with E-state index in [0.717, 1.165) is 41.9 Å². The van der Waals surface area contributed by atoms with E-state index in [1.165, 1.54) is 0 Å². The quantitative estimate of drug-likeness (QED) is 0.616. The molecule has 0 aromatic rings. The summed E-state index contributed by atoms with van der Waals surface area (Å²) in [7, 11) is 0. The second kappa shape index (κ2) is 8.71. The molecule has 0 heterocycles. The van der Waals surface area contributed by atoms with Crippen LogP contribution in [0.2, 0.25) is 17.5 Å². The smallest absolute Gasteiger partial charge is 0.197 e. The van der Waals surface area contributed by atoms with Crippen LogP contribution in [-0.4, -0.2) is 6.71 Å². The first-order valence-electron chi connectivity index (χ1n) is 7.20. The normalized spacial score (nSPS) is 17.5. The predicted molar refractivity (Wildman–Crippen MR) is 78.5 cm³/mol. The molecule has 0 N–H and O–H groups in total. The molecule has 0 aromatic carbocycles. The summed E-state index contributed by atoms with van der Waals surface area (Å²) in [6.07, 6.45) is 0. The van der Waals surface area contributed by atoms with Crippen LogP contribution in [0.5, 0.6) is 0 Å². The van der Waals surface area contributed by atoms with E-state index >= 15 is 0 Å². The van der Waals surface area contributed by atoms with Gasteiger partial charge in [0.2, 0.25) is 0 Å². The molecule has 97 valence electrons. The molecule has 0 aromatic heterocycles. The maximum absolute atomic E-state index is 2.45. The monoisotopic (exact) mass is 231 g/mol. The Morgan fingerprint density at radius 1 is 0.471 bits per heavy atom. The molecule has 3 atom stereocenters. The van der Waals surface area contributed by atoms with E-state index in [1.54, 1.807) is 0 Å². The van der Waals surface area contributed by atoms with Gasteiger partial charge in [-0.25, -0.2) is 0 Å². The van der Waals surface area contributed by atoms with Gasteiger partial charge in [-0.1, -0.05) is 80.1 Å². The van der Waals surface area contributed by atoms with E-state index in [4.69, 9.17) is 0 Å². The van der Waals surface area contributed by atoms with Crippen molar-refractivity contribution in [3.05, 3.63) is 0 Å². The summed E-state index contributed by atoms with van der Waals surface area (Å²) >= 11 is 0. The molecule has 1 radical (unpaired) electrons. The van der Waals surface area contributed by atoms with Gasteiger partial charge in [0.05, 0.1) is 0 Å². The number of rotatable bonds is 6. The van der Waals surface area contributed by atoms with Crippen molar-refractivity contribution < 1.29 is 18.9 Å². The Labute approximate surface area is 123 Å². The van der Waals surface area contributed by atoms with Gasteiger partial charge in [-0.3, -0.25) is 0 Å². The third-order valence-corrected chi connectivity index (χ3v) is 4.98. The zero-order valence-electron chi connectivity index (χ0n) is 14.0. The van der Waals surface area contributed by atoms with Gasteiger partial charge in [-0.05, 0) is 0 Å². The molecular formula is C15H33BLi. The van der Waals surface area contributed by atoms with Crippen LogP contribution in [0.3, 0.4) is 0 Å². The van der Waals surface area contributed by atoms with E-state index in [0.29, 0.717) is 0 Å². The van der Waals surface area contributed by atoms with Crippen molar-refractivity contribution in [2.45, 2.75) is 79.8 Å². The van der Waals surface area contributed by atoms with E-state index < -0.39 is 0 Å². The van der Waals surface area contributed by atoms with Gasteiger partial charge in [0.25, 0.3) is 0 Å². The van der Waals surface area contributed by atoms with Crippen LogP contribution in [0.15, 0.2) is 0 Å². The van der Waals surface area contributed by atoms with Crippen LogP contribution in [0, 0.1) is 17.8 Å². The minimum absolute atomic E-state index is 0. The number of hydrogen-bond acceptors (Lipinski definition) is 0. The van der Waals surface area contributed by atoms with E-state index in [-0.39, 0.29) is 18.9 Å². The Morgan fingerprint density at radius 3 is 0.765 bits per heavy atom. The average Bonchev–Trinajstić information content (AvgIpc) is 2.16. The summed E-state index contributed by atoms with van der Waals surface area (Å²) in [4.78, 5) is 0. The van der Waals surface area contributed by atoms with Gasteiger partial charge in [-0.15, -0.1) is 6.71 Å². The minimum atomic E-state index is 0. The molecule has 0 bridgehead atoms. The van der Waals surface area contributed by atoms with Crippen LogP contribution in [0.1, 0.15) is 62.3 Å². The van der Waals surface area contributed by atoms with Gasteiger partial charge >= 0.3 is 18.9 Å². The van der Waals surface area contributed by atoms with Crippen molar-refractivity contribution in [1.29, 1.82) is 0 Å². The Balaban J connectivity index is 0. The molecule has 0 rings (SSSR count). The summed E-state index contributed by atoms with van der Waals surface area (Å²) in [5.74, 6) is 4.88. The molecule has 3 unspecified atom stereocenters. The maximum atomic E-state index is 2.45. The summed E-state index contributed by atoms with van der Waals surface area (Å²) in [6, 6.07) is 0. The zero-order valence-corrected chi connectivity index (χ0v) is 14.0. The first-order valence-corrected chi connectivity index (χ1v) is 7.20. The Hall–Kier alpha value is 0.662. The largest absolute Gasteiger partial charge is 1.00 e. The molecular weight excluding hydrogens is 198 g/mol. The molecule has 0 spiro atoms. The van der Waals surface area contributed by atoms with Crippen LogP contribution in [0.25, 0.3) is 0 Å². The van der Waals surface area contributed by atoms with Crippen LogP contribution >= 0.6 is 0 Å². The van der Waals surface area contributed by atoms with Gasteiger partial charge < -0.3 is 0 Å². The van der Waals surface area contributed by atoms with Gasteiger partial charge in [0.15, 0.2) is 0 Å². The van der Waals surface area contributed by atoms with Crippen molar-refractivity contribution in [2.75, 3.05) is 0 Å². The fourth-order valence-electron chi connectivity index (χ4n) is 2.77. The average molecular weight is 231 g/mol. The molecule has 0 aliphatic heterocycles. The molecule has 0 saturated carbocycles. The molecule has 0 nitrogen and oxygen atoms in total. The second-order valence-electron chi connectivity index (χ2n) is 6.89. The molecule has 17 heavy (non-hydrogen) atoms. The predicted octanol–water partition coefficient (Wildman–Crippen LogP) is 2.62. The fourth-order valence-corrected chi connectivity index (χ4v) is 2.77. The molecule has 0 amide bonds. The van der Waals surface area contributed by atoms with Crippen LogP contribution in [-0.2, 0) is 0 Å². The molecule has 0 aliphatic carbocycles. The first kappa shape index (κ1) is 20.0. The first-order chi connectivity index (χ1) is 7.20. The summed E-state index contributed by atoms with van der Waals surface area (Å²) in [5, 5.41) is 0. The standard InChI is InChI=1S/C15H33B.Li/c1-10(2)13(7)16(14(8)11(3)4)15(9)12(5)6;/h10-15H,1-9H3;/q-1;+1. The third kappa shape index (κ3) is 5.89. The third-order valence-electron chi connectivity index (χ3n) is 4.98. The topological polar surface area (TPSA) is 0 Å². The van der Waals surface area contributed by atoms with Crippen molar-refractivity contribution >= 4 is 6.71 Å². The minimum Gasteiger partial charge on any atom is -0.197 e. The van der Waals surface area contributed by atoms with Crippen LogP contribution in [0.4, 0.5) is 0 Å². The van der Waals surface area contributed by atoms with Gasteiger partial charge in [0.1, 0.15) is 0 Å². The molecule has 2 heteroatoms.